The summed E-state index contributed by atoms with van der Waals surface area (Å²) in [5, 5.41) is 0. The SMILES string of the molecule is CSCCCCNS(=O)(=O)c1cc(S(C)(=O)=O)ccc1N. The van der Waals surface area contributed by atoms with Gasteiger partial charge in [-0.2, -0.15) is 11.8 Å². The Kier molecular flexibility index (Phi) is 6.51. The molecule has 0 saturated heterocycles. The third-order valence-electron chi connectivity index (χ3n) is 2.77. The van der Waals surface area contributed by atoms with Crippen LogP contribution in [0.15, 0.2) is 28.0 Å². The fourth-order valence-corrected chi connectivity index (χ4v) is 4.08. The van der Waals surface area contributed by atoms with Crippen LogP contribution in [-0.4, -0.2) is 41.6 Å². The topological polar surface area (TPSA) is 106 Å². The minimum atomic E-state index is -3.81. The number of benzene rings is 1. The lowest BCUT2D eigenvalue weighted by atomic mass is 10.3. The van der Waals surface area contributed by atoms with Crippen LogP contribution in [0.25, 0.3) is 0 Å². The molecule has 9 heteroatoms. The van der Waals surface area contributed by atoms with Crippen LogP contribution >= 0.6 is 11.8 Å². The summed E-state index contributed by atoms with van der Waals surface area (Å²) in [5.41, 5.74) is 5.68. The van der Waals surface area contributed by atoms with E-state index in [9.17, 15) is 16.8 Å². The Bertz CT molecular complexity index is 684. The van der Waals surface area contributed by atoms with Crippen molar-refractivity contribution >= 4 is 37.3 Å². The largest absolute Gasteiger partial charge is 0.398 e. The maximum Gasteiger partial charge on any atom is 0.242 e. The predicted octanol–water partition coefficient (Wildman–Crippen LogP) is 1.09. The van der Waals surface area contributed by atoms with Crippen molar-refractivity contribution in [1.29, 1.82) is 0 Å². The Hall–Kier alpha value is -0.770. The molecule has 0 aliphatic heterocycles. The second-order valence-electron chi connectivity index (χ2n) is 4.57. The van der Waals surface area contributed by atoms with E-state index in [4.69, 9.17) is 5.73 Å². The lowest BCUT2D eigenvalue weighted by molar-refractivity contribution is 0.578. The number of hydrogen-bond donors (Lipinski definition) is 2. The van der Waals surface area contributed by atoms with Crippen molar-refractivity contribution in [2.75, 3.05) is 30.5 Å². The fourth-order valence-electron chi connectivity index (χ4n) is 1.63. The van der Waals surface area contributed by atoms with E-state index in [2.05, 4.69) is 4.72 Å². The Morgan fingerprint density at radius 3 is 2.43 bits per heavy atom. The number of thioether (sulfide) groups is 1. The summed E-state index contributed by atoms with van der Waals surface area (Å²) in [4.78, 5) is -0.269. The number of nitrogens with two attached hydrogens (primary N) is 1. The number of sulfonamides is 1. The number of unbranched alkanes of at least 4 members (excludes halogenated alkanes) is 1. The molecule has 0 bridgehead atoms. The van der Waals surface area contributed by atoms with E-state index in [-0.39, 0.29) is 15.5 Å². The molecule has 3 N–H and O–H groups in total. The molecule has 0 spiro atoms. The van der Waals surface area contributed by atoms with Gasteiger partial charge < -0.3 is 5.73 Å². The minimum absolute atomic E-state index is 0.0269. The standard InChI is InChI=1S/C12H20N2O4S3/c1-19-8-4-3-7-14-21(17,18)12-9-10(20(2,15)16)5-6-11(12)13/h5-6,9,14H,3-4,7-8,13H2,1-2H3. The minimum Gasteiger partial charge on any atom is -0.398 e. The molecule has 1 aromatic carbocycles. The van der Waals surface area contributed by atoms with Crippen molar-refractivity contribution in [2.45, 2.75) is 22.6 Å². The smallest absolute Gasteiger partial charge is 0.242 e. The lowest BCUT2D eigenvalue weighted by Gasteiger charge is -2.10. The second kappa shape index (κ2) is 7.48. The van der Waals surface area contributed by atoms with E-state index >= 15 is 0 Å². The van der Waals surface area contributed by atoms with Crippen LogP contribution < -0.4 is 10.5 Å². The van der Waals surface area contributed by atoms with Gasteiger partial charge in [-0.3, -0.25) is 0 Å². The van der Waals surface area contributed by atoms with E-state index in [1.807, 2.05) is 6.26 Å². The van der Waals surface area contributed by atoms with Gasteiger partial charge in [0, 0.05) is 12.8 Å². The van der Waals surface area contributed by atoms with E-state index in [1.54, 1.807) is 11.8 Å². The van der Waals surface area contributed by atoms with Gasteiger partial charge in [-0.15, -0.1) is 0 Å². The Labute approximate surface area is 130 Å². The van der Waals surface area contributed by atoms with Gasteiger partial charge in [0.25, 0.3) is 0 Å². The summed E-state index contributed by atoms with van der Waals surface area (Å²) < 4.78 is 49.8. The molecule has 0 aliphatic carbocycles. The highest BCUT2D eigenvalue weighted by Gasteiger charge is 2.20. The van der Waals surface area contributed by atoms with Gasteiger partial charge in [-0.1, -0.05) is 0 Å². The van der Waals surface area contributed by atoms with Gasteiger partial charge >= 0.3 is 0 Å². The molecule has 21 heavy (non-hydrogen) atoms. The van der Waals surface area contributed by atoms with E-state index in [0.29, 0.717) is 13.0 Å². The Balaban J connectivity index is 2.92. The van der Waals surface area contributed by atoms with Crippen molar-refractivity contribution < 1.29 is 16.8 Å². The third kappa shape index (κ3) is 5.50. The van der Waals surface area contributed by atoms with Gasteiger partial charge in [0.15, 0.2) is 9.84 Å². The molecule has 120 valence electrons. The summed E-state index contributed by atoms with van der Waals surface area (Å²) in [6.45, 7) is 0.297. The molecule has 1 aromatic rings. The number of nitrogen functional groups attached to an aromatic ring is 1. The van der Waals surface area contributed by atoms with Gasteiger partial charge in [-0.05, 0) is 43.0 Å². The number of anilines is 1. The van der Waals surface area contributed by atoms with E-state index in [1.165, 1.54) is 12.1 Å². The highest BCUT2D eigenvalue weighted by molar-refractivity contribution is 7.98. The summed E-state index contributed by atoms with van der Waals surface area (Å²) in [6, 6.07) is 3.68. The third-order valence-corrected chi connectivity index (χ3v) is 6.09. The Morgan fingerprint density at radius 1 is 1.19 bits per heavy atom. The molecule has 1 rings (SSSR count). The zero-order valence-electron chi connectivity index (χ0n) is 12.0. The first kappa shape index (κ1) is 18.3. The molecular weight excluding hydrogens is 332 g/mol. The zero-order valence-corrected chi connectivity index (χ0v) is 14.4. The molecule has 0 atom stereocenters. The van der Waals surface area contributed by atoms with Crippen molar-refractivity contribution in [3.63, 3.8) is 0 Å². The predicted molar refractivity (Wildman–Crippen MR) is 86.8 cm³/mol. The van der Waals surface area contributed by atoms with Crippen LogP contribution in [0.3, 0.4) is 0 Å². The van der Waals surface area contributed by atoms with Crippen molar-refractivity contribution in [1.82, 2.24) is 4.72 Å². The maximum atomic E-state index is 12.2. The molecular formula is C12H20N2O4S3. The molecule has 0 aliphatic rings. The number of sulfone groups is 1. The number of hydrogen-bond acceptors (Lipinski definition) is 6. The van der Waals surface area contributed by atoms with E-state index in [0.717, 1.165) is 24.5 Å². The first-order valence-electron chi connectivity index (χ1n) is 6.26. The van der Waals surface area contributed by atoms with Crippen LogP contribution in [0.5, 0.6) is 0 Å². The monoisotopic (exact) mass is 352 g/mol. The molecule has 0 fully saturated rings. The highest BCUT2D eigenvalue weighted by Crippen LogP contribution is 2.22. The van der Waals surface area contributed by atoms with Crippen LogP contribution in [-0.2, 0) is 19.9 Å². The summed E-state index contributed by atoms with van der Waals surface area (Å²) in [7, 11) is -7.29. The van der Waals surface area contributed by atoms with Crippen LogP contribution in [0.1, 0.15) is 12.8 Å². The molecule has 0 unspecified atom stereocenters. The first-order chi connectivity index (χ1) is 9.68. The van der Waals surface area contributed by atoms with Crippen LogP contribution in [0.4, 0.5) is 5.69 Å². The van der Waals surface area contributed by atoms with E-state index < -0.39 is 19.9 Å². The number of nitrogens with one attached hydrogen (secondary N) is 1. The lowest BCUT2D eigenvalue weighted by Crippen LogP contribution is -2.26. The van der Waals surface area contributed by atoms with Crippen molar-refractivity contribution in [3.05, 3.63) is 18.2 Å². The van der Waals surface area contributed by atoms with Gasteiger partial charge in [0.05, 0.1) is 10.6 Å². The maximum absolute atomic E-state index is 12.2. The fraction of sp³-hybridized carbons (Fsp3) is 0.500. The summed E-state index contributed by atoms with van der Waals surface area (Å²) in [5.74, 6) is 0.966. The first-order valence-corrected chi connectivity index (χ1v) is 11.0. The number of rotatable bonds is 8. The summed E-state index contributed by atoms with van der Waals surface area (Å²) in [6.07, 6.45) is 4.63. The molecule has 6 nitrogen and oxygen atoms in total. The molecule has 0 aromatic heterocycles. The normalized spacial score (nSPS) is 12.5. The average Bonchev–Trinajstić information content (AvgIpc) is 2.37. The molecule has 0 saturated carbocycles. The van der Waals surface area contributed by atoms with Crippen molar-refractivity contribution in [3.8, 4) is 0 Å². The molecule has 0 heterocycles. The Morgan fingerprint density at radius 2 is 1.86 bits per heavy atom. The highest BCUT2D eigenvalue weighted by atomic mass is 32.2. The molecule has 0 amide bonds. The quantitative estimate of drug-likeness (QED) is 0.536. The van der Waals surface area contributed by atoms with Gasteiger partial charge in [0.1, 0.15) is 4.90 Å². The second-order valence-corrected chi connectivity index (χ2v) is 9.31. The zero-order chi connectivity index (χ0) is 16.1. The van der Waals surface area contributed by atoms with Crippen LogP contribution in [0, 0.1) is 0 Å². The van der Waals surface area contributed by atoms with Crippen LogP contribution in [0.2, 0.25) is 0 Å². The average molecular weight is 353 g/mol. The van der Waals surface area contributed by atoms with Gasteiger partial charge in [-0.25, -0.2) is 21.6 Å². The van der Waals surface area contributed by atoms with Crippen molar-refractivity contribution in [2.24, 2.45) is 0 Å². The van der Waals surface area contributed by atoms with Gasteiger partial charge in [0.2, 0.25) is 10.0 Å². The molecule has 0 radical (unpaired) electrons. The summed E-state index contributed by atoms with van der Waals surface area (Å²) >= 11 is 1.70.